The molecule has 2 unspecified atom stereocenters. The van der Waals surface area contributed by atoms with Crippen LogP contribution in [-0.4, -0.2) is 32.4 Å². The Morgan fingerprint density at radius 2 is 2.25 bits per heavy atom. The molecule has 1 aromatic heterocycles. The number of hydrogen-bond donors (Lipinski definition) is 1. The zero-order chi connectivity index (χ0) is 11.9. The topological polar surface area (TPSA) is 64.2 Å². The molecule has 5 nitrogen and oxygen atoms in total. The number of nitrogens with two attached hydrogens (primary N) is 1. The van der Waals surface area contributed by atoms with Crippen molar-refractivity contribution in [2.75, 3.05) is 0 Å². The number of hydrogen-bond acceptors (Lipinski definition) is 3. The van der Waals surface area contributed by atoms with Gasteiger partial charge >= 0.3 is 0 Å². The number of likely N-dealkylation sites (tertiary alicyclic amines) is 1. The molecule has 0 spiro atoms. The second-order valence-corrected chi connectivity index (χ2v) is 4.64. The van der Waals surface area contributed by atoms with E-state index in [1.807, 2.05) is 30.4 Å². The van der Waals surface area contributed by atoms with E-state index in [2.05, 4.69) is 4.98 Å². The molecule has 5 heteroatoms. The molecule has 1 amide bonds. The maximum Gasteiger partial charge on any atom is 0.225 e. The number of amides is 1. The Kier molecular flexibility index (Phi) is 2.71. The lowest BCUT2D eigenvalue weighted by Crippen LogP contribution is -2.38. The van der Waals surface area contributed by atoms with Gasteiger partial charge in [0.15, 0.2) is 0 Å². The minimum absolute atomic E-state index is 0.0417. The maximum atomic E-state index is 11.9. The third-order valence-corrected chi connectivity index (χ3v) is 3.12. The van der Waals surface area contributed by atoms with Crippen molar-refractivity contribution < 1.29 is 4.79 Å². The monoisotopic (exact) mass is 222 g/mol. The van der Waals surface area contributed by atoms with Gasteiger partial charge in [0.1, 0.15) is 0 Å². The van der Waals surface area contributed by atoms with E-state index in [-0.39, 0.29) is 24.0 Å². The quantitative estimate of drug-likeness (QED) is 0.789. The summed E-state index contributed by atoms with van der Waals surface area (Å²) < 4.78 is 1.93. The van der Waals surface area contributed by atoms with Crippen LogP contribution in [0.3, 0.4) is 0 Å². The SMILES string of the molecule is CC(C)N1C(=O)CC(N)C1c1cncn1C. The van der Waals surface area contributed by atoms with Gasteiger partial charge in [-0.1, -0.05) is 0 Å². The number of carbonyl (C=O) groups excluding carboxylic acids is 1. The largest absolute Gasteiger partial charge is 0.336 e. The molecule has 1 fully saturated rings. The van der Waals surface area contributed by atoms with Gasteiger partial charge in [-0.15, -0.1) is 0 Å². The molecule has 0 aliphatic carbocycles. The number of nitrogens with zero attached hydrogens (tertiary/aromatic N) is 3. The van der Waals surface area contributed by atoms with Gasteiger partial charge in [0.05, 0.1) is 24.3 Å². The molecule has 0 bridgehead atoms. The molecule has 2 atom stereocenters. The van der Waals surface area contributed by atoms with Crippen LogP contribution in [-0.2, 0) is 11.8 Å². The summed E-state index contributed by atoms with van der Waals surface area (Å²) in [5.41, 5.74) is 7.06. The standard InChI is InChI=1S/C11H18N4O/c1-7(2)15-10(16)4-8(12)11(15)9-5-13-6-14(9)3/h5-8,11H,4,12H2,1-3H3. The predicted molar refractivity (Wildman–Crippen MR) is 60.5 cm³/mol. The minimum atomic E-state index is -0.134. The number of aryl methyl sites for hydroxylation is 1. The second-order valence-electron chi connectivity index (χ2n) is 4.64. The van der Waals surface area contributed by atoms with Gasteiger partial charge in [0.2, 0.25) is 5.91 Å². The average molecular weight is 222 g/mol. The van der Waals surface area contributed by atoms with E-state index in [9.17, 15) is 4.79 Å². The molecule has 88 valence electrons. The molecular formula is C11H18N4O. The number of carbonyl (C=O) groups is 1. The van der Waals surface area contributed by atoms with Gasteiger partial charge in [-0.25, -0.2) is 4.98 Å². The smallest absolute Gasteiger partial charge is 0.225 e. The van der Waals surface area contributed by atoms with Crippen LogP contribution >= 0.6 is 0 Å². The highest BCUT2D eigenvalue weighted by Gasteiger charge is 2.41. The molecule has 2 N–H and O–H groups in total. The zero-order valence-electron chi connectivity index (χ0n) is 9.92. The van der Waals surface area contributed by atoms with Gasteiger partial charge in [-0.3, -0.25) is 4.79 Å². The van der Waals surface area contributed by atoms with E-state index in [1.165, 1.54) is 0 Å². The lowest BCUT2D eigenvalue weighted by atomic mass is 10.1. The van der Waals surface area contributed by atoms with E-state index >= 15 is 0 Å². The average Bonchev–Trinajstić information content (AvgIpc) is 2.69. The van der Waals surface area contributed by atoms with Crippen molar-refractivity contribution in [3.05, 3.63) is 18.2 Å². The summed E-state index contributed by atoms with van der Waals surface area (Å²) in [6.45, 7) is 4.03. The molecule has 1 aliphatic rings. The van der Waals surface area contributed by atoms with Gasteiger partial charge < -0.3 is 15.2 Å². The Bertz CT molecular complexity index is 398. The van der Waals surface area contributed by atoms with Crippen LogP contribution < -0.4 is 5.73 Å². The summed E-state index contributed by atoms with van der Waals surface area (Å²) >= 11 is 0. The molecule has 0 radical (unpaired) electrons. The highest BCUT2D eigenvalue weighted by Crippen LogP contribution is 2.33. The van der Waals surface area contributed by atoms with E-state index < -0.39 is 0 Å². The predicted octanol–water partition coefficient (Wildman–Crippen LogP) is 0.429. The van der Waals surface area contributed by atoms with E-state index in [0.717, 1.165) is 5.69 Å². The zero-order valence-corrected chi connectivity index (χ0v) is 9.92. The van der Waals surface area contributed by atoms with Crippen LogP contribution in [0.2, 0.25) is 0 Å². The molecule has 1 aliphatic heterocycles. The van der Waals surface area contributed by atoms with Gasteiger partial charge in [0.25, 0.3) is 0 Å². The van der Waals surface area contributed by atoms with E-state index in [0.29, 0.717) is 6.42 Å². The Balaban J connectivity index is 2.38. The van der Waals surface area contributed by atoms with Crippen LogP contribution in [0.1, 0.15) is 32.0 Å². The second kappa shape index (κ2) is 3.90. The van der Waals surface area contributed by atoms with Crippen molar-refractivity contribution in [1.29, 1.82) is 0 Å². The normalized spacial score (nSPS) is 25.8. The third kappa shape index (κ3) is 1.61. The molecule has 2 rings (SSSR count). The maximum absolute atomic E-state index is 11.9. The highest BCUT2D eigenvalue weighted by atomic mass is 16.2. The Hall–Kier alpha value is -1.36. The lowest BCUT2D eigenvalue weighted by molar-refractivity contribution is -0.130. The van der Waals surface area contributed by atoms with Crippen LogP contribution in [0, 0.1) is 0 Å². The van der Waals surface area contributed by atoms with Crippen molar-refractivity contribution in [2.45, 2.75) is 38.4 Å². The van der Waals surface area contributed by atoms with Crippen LogP contribution in [0.5, 0.6) is 0 Å². The van der Waals surface area contributed by atoms with E-state index in [4.69, 9.17) is 5.73 Å². The fraction of sp³-hybridized carbons (Fsp3) is 0.636. The fourth-order valence-corrected chi connectivity index (χ4v) is 2.40. The van der Waals surface area contributed by atoms with Crippen molar-refractivity contribution in [3.63, 3.8) is 0 Å². The van der Waals surface area contributed by atoms with Crippen LogP contribution in [0.25, 0.3) is 0 Å². The third-order valence-electron chi connectivity index (χ3n) is 3.12. The lowest BCUT2D eigenvalue weighted by Gasteiger charge is -2.30. The summed E-state index contributed by atoms with van der Waals surface area (Å²) in [5.74, 6) is 0.133. The van der Waals surface area contributed by atoms with Crippen LogP contribution in [0.4, 0.5) is 0 Å². The van der Waals surface area contributed by atoms with Crippen molar-refractivity contribution in [3.8, 4) is 0 Å². The number of aromatic nitrogens is 2. The van der Waals surface area contributed by atoms with Crippen LogP contribution in [0.15, 0.2) is 12.5 Å². The summed E-state index contributed by atoms with van der Waals surface area (Å²) in [6.07, 6.45) is 3.95. The minimum Gasteiger partial charge on any atom is -0.336 e. The number of imidazole rings is 1. The molecule has 0 aromatic carbocycles. The van der Waals surface area contributed by atoms with Gasteiger partial charge in [-0.2, -0.15) is 0 Å². The molecule has 1 aromatic rings. The Morgan fingerprint density at radius 1 is 1.56 bits per heavy atom. The molecular weight excluding hydrogens is 204 g/mol. The first-order valence-electron chi connectivity index (χ1n) is 5.55. The Morgan fingerprint density at radius 3 is 2.75 bits per heavy atom. The molecule has 16 heavy (non-hydrogen) atoms. The molecule has 2 heterocycles. The van der Waals surface area contributed by atoms with Crippen molar-refractivity contribution in [2.24, 2.45) is 12.8 Å². The number of rotatable bonds is 2. The Labute approximate surface area is 95.2 Å². The summed E-state index contributed by atoms with van der Waals surface area (Å²) in [4.78, 5) is 17.8. The van der Waals surface area contributed by atoms with E-state index in [1.54, 1.807) is 12.5 Å². The first-order valence-corrected chi connectivity index (χ1v) is 5.55. The van der Waals surface area contributed by atoms with Gasteiger partial charge in [-0.05, 0) is 13.8 Å². The summed E-state index contributed by atoms with van der Waals surface area (Å²) in [7, 11) is 1.93. The van der Waals surface area contributed by atoms with Gasteiger partial charge in [0, 0.05) is 25.6 Å². The summed E-state index contributed by atoms with van der Waals surface area (Å²) in [5, 5.41) is 0. The first kappa shape index (κ1) is 11.1. The fourth-order valence-electron chi connectivity index (χ4n) is 2.40. The van der Waals surface area contributed by atoms with Crippen molar-refractivity contribution in [1.82, 2.24) is 14.5 Å². The molecule has 1 saturated heterocycles. The summed E-state index contributed by atoms with van der Waals surface area (Å²) in [6, 6.07) is -0.00810. The highest BCUT2D eigenvalue weighted by molar-refractivity contribution is 5.80. The first-order chi connectivity index (χ1) is 7.52. The van der Waals surface area contributed by atoms with Crippen molar-refractivity contribution >= 4 is 5.91 Å². The molecule has 0 saturated carbocycles.